The van der Waals surface area contributed by atoms with Gasteiger partial charge in [-0.2, -0.15) is 0 Å². The van der Waals surface area contributed by atoms with Crippen molar-refractivity contribution < 1.29 is 14.3 Å². The van der Waals surface area contributed by atoms with Crippen LogP contribution in [0.3, 0.4) is 0 Å². The molecule has 9 heteroatoms. The predicted octanol–water partition coefficient (Wildman–Crippen LogP) is 1.64. The SMILES string of the molecule is CNc1nnc(SCC(=O)NC(=O)c2ccccc2OC)s1. The van der Waals surface area contributed by atoms with Crippen molar-refractivity contribution in [1.82, 2.24) is 15.5 Å². The third-order valence-corrected chi connectivity index (χ3v) is 4.63. The van der Waals surface area contributed by atoms with Gasteiger partial charge in [0, 0.05) is 7.05 Å². The first kappa shape index (κ1) is 16.2. The molecule has 2 rings (SSSR count). The van der Waals surface area contributed by atoms with Crippen molar-refractivity contribution in [1.29, 1.82) is 0 Å². The topological polar surface area (TPSA) is 93.2 Å². The molecule has 7 nitrogen and oxygen atoms in total. The lowest BCUT2D eigenvalue weighted by molar-refractivity contribution is -0.117. The molecular formula is C13H14N4O3S2. The molecule has 1 aromatic carbocycles. The number of anilines is 1. The van der Waals surface area contributed by atoms with E-state index in [0.717, 1.165) is 0 Å². The van der Waals surface area contributed by atoms with Crippen LogP contribution in [-0.4, -0.2) is 41.9 Å². The Kier molecular flexibility index (Phi) is 5.73. The number of carbonyl (C=O) groups excluding carboxylic acids is 2. The maximum Gasteiger partial charge on any atom is 0.261 e. The van der Waals surface area contributed by atoms with Gasteiger partial charge in [-0.25, -0.2) is 0 Å². The van der Waals surface area contributed by atoms with Crippen molar-refractivity contribution in [3.63, 3.8) is 0 Å². The summed E-state index contributed by atoms with van der Waals surface area (Å²) >= 11 is 2.56. The largest absolute Gasteiger partial charge is 0.496 e. The van der Waals surface area contributed by atoms with Crippen LogP contribution in [0, 0.1) is 0 Å². The Morgan fingerprint density at radius 1 is 1.32 bits per heavy atom. The summed E-state index contributed by atoms with van der Waals surface area (Å²) in [7, 11) is 3.21. The molecule has 0 saturated carbocycles. The van der Waals surface area contributed by atoms with Gasteiger partial charge in [0.15, 0.2) is 4.34 Å². The summed E-state index contributed by atoms with van der Waals surface area (Å²) in [5.41, 5.74) is 0.316. The van der Waals surface area contributed by atoms with E-state index in [-0.39, 0.29) is 5.75 Å². The molecule has 0 aliphatic heterocycles. The number of carbonyl (C=O) groups is 2. The Hall–Kier alpha value is -2.13. The summed E-state index contributed by atoms with van der Waals surface area (Å²) < 4.78 is 5.75. The molecule has 0 unspecified atom stereocenters. The lowest BCUT2D eigenvalue weighted by Crippen LogP contribution is -2.32. The first-order chi connectivity index (χ1) is 10.6. The normalized spacial score (nSPS) is 10.1. The van der Waals surface area contributed by atoms with E-state index in [1.165, 1.54) is 30.2 Å². The minimum absolute atomic E-state index is 0.0826. The smallest absolute Gasteiger partial charge is 0.261 e. The molecule has 0 fully saturated rings. The van der Waals surface area contributed by atoms with E-state index in [0.29, 0.717) is 20.8 Å². The third kappa shape index (κ3) is 4.18. The Labute approximate surface area is 135 Å². The average molecular weight is 338 g/mol. The van der Waals surface area contributed by atoms with Crippen LogP contribution in [-0.2, 0) is 4.79 Å². The number of thioether (sulfide) groups is 1. The zero-order valence-electron chi connectivity index (χ0n) is 12.0. The number of aromatic nitrogens is 2. The van der Waals surface area contributed by atoms with Gasteiger partial charge in [-0.1, -0.05) is 35.2 Å². The molecule has 0 bridgehead atoms. The fourth-order valence-electron chi connectivity index (χ4n) is 1.56. The van der Waals surface area contributed by atoms with Crippen molar-refractivity contribution in [2.24, 2.45) is 0 Å². The molecule has 0 radical (unpaired) electrons. The van der Waals surface area contributed by atoms with Crippen molar-refractivity contribution in [3.05, 3.63) is 29.8 Å². The fourth-order valence-corrected chi connectivity index (χ4v) is 3.06. The second-order valence-corrected chi connectivity index (χ2v) is 6.19. The van der Waals surface area contributed by atoms with Crippen LogP contribution in [0.2, 0.25) is 0 Å². The van der Waals surface area contributed by atoms with Gasteiger partial charge >= 0.3 is 0 Å². The minimum atomic E-state index is -0.490. The maximum absolute atomic E-state index is 12.0. The highest BCUT2D eigenvalue weighted by molar-refractivity contribution is 8.01. The molecule has 0 atom stereocenters. The molecule has 0 spiro atoms. The van der Waals surface area contributed by atoms with Crippen molar-refractivity contribution >= 4 is 40.0 Å². The number of benzene rings is 1. The fraction of sp³-hybridized carbons (Fsp3) is 0.231. The van der Waals surface area contributed by atoms with Gasteiger partial charge in [0.2, 0.25) is 11.0 Å². The monoisotopic (exact) mass is 338 g/mol. The van der Waals surface area contributed by atoms with Crippen molar-refractivity contribution in [2.75, 3.05) is 25.2 Å². The standard InChI is InChI=1S/C13H14N4O3S2/c1-14-12-16-17-13(22-12)21-7-10(18)15-11(19)8-5-3-4-6-9(8)20-2/h3-6H,7H2,1-2H3,(H,14,16)(H,15,18,19). The molecule has 0 aliphatic rings. The van der Waals surface area contributed by atoms with E-state index in [4.69, 9.17) is 4.74 Å². The Bertz CT molecular complexity index is 675. The van der Waals surface area contributed by atoms with Crippen LogP contribution < -0.4 is 15.4 Å². The van der Waals surface area contributed by atoms with Gasteiger partial charge in [-0.3, -0.25) is 14.9 Å². The average Bonchev–Trinajstić information content (AvgIpc) is 3.01. The molecule has 0 saturated heterocycles. The highest BCUT2D eigenvalue weighted by Crippen LogP contribution is 2.24. The number of methoxy groups -OCH3 is 1. The highest BCUT2D eigenvalue weighted by atomic mass is 32.2. The quantitative estimate of drug-likeness (QED) is 0.773. The molecule has 2 amide bonds. The molecule has 116 valence electrons. The van der Waals surface area contributed by atoms with Crippen LogP contribution in [0.25, 0.3) is 0 Å². The summed E-state index contributed by atoms with van der Waals surface area (Å²) in [6, 6.07) is 6.71. The van der Waals surface area contributed by atoms with Gasteiger partial charge in [-0.15, -0.1) is 10.2 Å². The van der Waals surface area contributed by atoms with E-state index < -0.39 is 11.8 Å². The van der Waals surface area contributed by atoms with Crippen LogP contribution >= 0.6 is 23.1 Å². The zero-order chi connectivity index (χ0) is 15.9. The van der Waals surface area contributed by atoms with Crippen LogP contribution in [0.15, 0.2) is 28.6 Å². The van der Waals surface area contributed by atoms with Crippen LogP contribution in [0.5, 0.6) is 5.75 Å². The van der Waals surface area contributed by atoms with Crippen LogP contribution in [0.4, 0.5) is 5.13 Å². The Morgan fingerprint density at radius 3 is 2.77 bits per heavy atom. The number of ether oxygens (including phenoxy) is 1. The van der Waals surface area contributed by atoms with Gasteiger partial charge in [0.25, 0.3) is 5.91 Å². The molecule has 1 heterocycles. The number of amides is 2. The highest BCUT2D eigenvalue weighted by Gasteiger charge is 2.15. The number of para-hydroxylation sites is 1. The van der Waals surface area contributed by atoms with Gasteiger partial charge in [-0.05, 0) is 12.1 Å². The van der Waals surface area contributed by atoms with Gasteiger partial charge in [0.05, 0.1) is 18.4 Å². The minimum Gasteiger partial charge on any atom is -0.496 e. The van der Waals surface area contributed by atoms with Crippen molar-refractivity contribution in [2.45, 2.75) is 4.34 Å². The number of hydrogen-bond acceptors (Lipinski definition) is 8. The van der Waals surface area contributed by atoms with Crippen molar-refractivity contribution in [3.8, 4) is 5.75 Å². The molecule has 1 aromatic heterocycles. The zero-order valence-corrected chi connectivity index (χ0v) is 13.6. The van der Waals surface area contributed by atoms with E-state index in [9.17, 15) is 9.59 Å². The Morgan fingerprint density at radius 2 is 2.09 bits per heavy atom. The van der Waals surface area contributed by atoms with E-state index >= 15 is 0 Å². The van der Waals surface area contributed by atoms with E-state index in [2.05, 4.69) is 20.8 Å². The maximum atomic E-state index is 12.0. The van der Waals surface area contributed by atoms with Gasteiger partial charge < -0.3 is 10.1 Å². The molecular weight excluding hydrogens is 324 g/mol. The summed E-state index contributed by atoms with van der Waals surface area (Å²) in [5.74, 6) is -0.388. The van der Waals surface area contributed by atoms with Crippen LogP contribution in [0.1, 0.15) is 10.4 Å². The first-order valence-electron chi connectivity index (χ1n) is 6.25. The number of hydrogen-bond donors (Lipinski definition) is 2. The molecule has 2 N–H and O–H groups in total. The summed E-state index contributed by atoms with van der Waals surface area (Å²) in [6.07, 6.45) is 0. The van der Waals surface area contributed by atoms with E-state index in [1.54, 1.807) is 31.3 Å². The summed E-state index contributed by atoms with van der Waals surface area (Å²) in [5, 5.41) is 13.6. The lowest BCUT2D eigenvalue weighted by Gasteiger charge is -2.07. The lowest BCUT2D eigenvalue weighted by atomic mass is 10.2. The second kappa shape index (κ2) is 7.76. The second-order valence-electron chi connectivity index (χ2n) is 3.99. The predicted molar refractivity (Wildman–Crippen MR) is 85.6 cm³/mol. The molecule has 2 aromatic rings. The number of rotatable bonds is 6. The Balaban J connectivity index is 1.90. The van der Waals surface area contributed by atoms with E-state index in [1.807, 2.05) is 0 Å². The molecule has 0 aliphatic carbocycles. The number of nitrogens with one attached hydrogen (secondary N) is 2. The molecule has 22 heavy (non-hydrogen) atoms. The first-order valence-corrected chi connectivity index (χ1v) is 8.05. The third-order valence-electron chi connectivity index (χ3n) is 2.55. The number of nitrogens with zero attached hydrogens (tertiary/aromatic N) is 2. The van der Waals surface area contributed by atoms with Gasteiger partial charge in [0.1, 0.15) is 5.75 Å². The number of imide groups is 1. The summed E-state index contributed by atoms with van der Waals surface area (Å²) in [4.78, 5) is 23.9. The summed E-state index contributed by atoms with van der Waals surface area (Å²) in [6.45, 7) is 0.